The third-order valence-corrected chi connectivity index (χ3v) is 4.66. The molecule has 0 radical (unpaired) electrons. The first-order valence-corrected chi connectivity index (χ1v) is 7.34. The number of nitrogens with one attached hydrogen (secondary N) is 1. The number of nitrogens with two attached hydrogens (primary N) is 1. The van der Waals surface area contributed by atoms with Gasteiger partial charge >= 0.3 is 0 Å². The minimum Gasteiger partial charge on any atom is -0.368 e. The second-order valence-corrected chi connectivity index (χ2v) is 6.05. The first-order chi connectivity index (χ1) is 9.20. The molecule has 0 aliphatic heterocycles. The Morgan fingerprint density at radius 1 is 1.11 bits per heavy atom. The molecule has 0 unspecified atom stereocenters. The van der Waals surface area contributed by atoms with Crippen LogP contribution in [0, 0.1) is 0 Å². The van der Waals surface area contributed by atoms with E-state index in [1.54, 1.807) is 0 Å². The second-order valence-electron chi connectivity index (χ2n) is 6.05. The Labute approximate surface area is 114 Å². The van der Waals surface area contributed by atoms with Crippen LogP contribution < -0.4 is 11.1 Å². The van der Waals surface area contributed by atoms with Crippen LogP contribution in [0.15, 0.2) is 24.3 Å². The Morgan fingerprint density at radius 2 is 1.68 bits per heavy atom. The molecule has 1 amide bonds. The van der Waals surface area contributed by atoms with Gasteiger partial charge in [-0.15, -0.1) is 0 Å². The molecule has 0 spiro atoms. The minimum absolute atomic E-state index is 0.200. The van der Waals surface area contributed by atoms with Crippen molar-refractivity contribution < 1.29 is 4.79 Å². The molecule has 19 heavy (non-hydrogen) atoms. The van der Waals surface area contributed by atoms with Crippen molar-refractivity contribution in [2.45, 2.75) is 56.5 Å². The molecule has 0 atom stereocenters. The van der Waals surface area contributed by atoms with Gasteiger partial charge in [-0.1, -0.05) is 43.5 Å². The summed E-state index contributed by atoms with van der Waals surface area (Å²) >= 11 is 0. The van der Waals surface area contributed by atoms with Crippen molar-refractivity contribution in [3.63, 3.8) is 0 Å². The van der Waals surface area contributed by atoms with Gasteiger partial charge in [-0.2, -0.15) is 0 Å². The molecule has 1 saturated carbocycles. The lowest BCUT2D eigenvalue weighted by Gasteiger charge is -2.34. The highest BCUT2D eigenvalue weighted by Crippen LogP contribution is 2.32. The summed E-state index contributed by atoms with van der Waals surface area (Å²) in [7, 11) is 0. The summed E-state index contributed by atoms with van der Waals surface area (Å²) in [6, 6.07) is 8.76. The highest BCUT2D eigenvalue weighted by atomic mass is 16.1. The van der Waals surface area contributed by atoms with E-state index in [4.69, 9.17) is 5.73 Å². The van der Waals surface area contributed by atoms with Gasteiger partial charge in [0.1, 0.15) is 5.54 Å². The molecule has 3 rings (SSSR count). The maximum atomic E-state index is 12.0. The van der Waals surface area contributed by atoms with Gasteiger partial charge in [-0.05, 0) is 24.0 Å². The zero-order valence-electron chi connectivity index (χ0n) is 11.3. The Kier molecular flexibility index (Phi) is 3.31. The number of amides is 1. The van der Waals surface area contributed by atoms with Crippen LogP contribution in [0.4, 0.5) is 0 Å². The Balaban J connectivity index is 1.80. The van der Waals surface area contributed by atoms with E-state index in [0.29, 0.717) is 6.04 Å². The van der Waals surface area contributed by atoms with Gasteiger partial charge < -0.3 is 5.73 Å². The number of benzene rings is 1. The number of hydrogen-bond acceptors (Lipinski definition) is 2. The molecule has 0 bridgehead atoms. The molecule has 0 aromatic heterocycles. The number of fused-ring (bicyclic) bond motifs is 1. The molecule has 1 fully saturated rings. The van der Waals surface area contributed by atoms with E-state index < -0.39 is 5.54 Å². The summed E-state index contributed by atoms with van der Waals surface area (Å²) < 4.78 is 0. The van der Waals surface area contributed by atoms with Crippen molar-refractivity contribution in [3.8, 4) is 0 Å². The SMILES string of the molecule is NC(=O)C1(NC2CCCCC2)Cc2ccccc2C1. The lowest BCUT2D eigenvalue weighted by Crippen LogP contribution is -2.59. The molecule has 1 aromatic rings. The first kappa shape index (κ1) is 12.7. The minimum atomic E-state index is -0.550. The van der Waals surface area contributed by atoms with Gasteiger partial charge in [0.2, 0.25) is 5.91 Å². The van der Waals surface area contributed by atoms with Crippen LogP contribution in [0.25, 0.3) is 0 Å². The van der Waals surface area contributed by atoms with Crippen molar-refractivity contribution in [1.82, 2.24) is 5.32 Å². The quantitative estimate of drug-likeness (QED) is 0.870. The van der Waals surface area contributed by atoms with Gasteiger partial charge in [-0.25, -0.2) is 0 Å². The Hall–Kier alpha value is -1.35. The normalized spacial score (nSPS) is 22.1. The third-order valence-electron chi connectivity index (χ3n) is 4.66. The van der Waals surface area contributed by atoms with E-state index in [1.807, 2.05) is 12.1 Å². The smallest absolute Gasteiger partial charge is 0.238 e. The fourth-order valence-electron chi connectivity index (χ4n) is 3.60. The van der Waals surface area contributed by atoms with Crippen LogP contribution in [0.1, 0.15) is 43.2 Å². The van der Waals surface area contributed by atoms with E-state index in [9.17, 15) is 4.79 Å². The molecule has 2 aliphatic carbocycles. The summed E-state index contributed by atoms with van der Waals surface area (Å²) in [6.07, 6.45) is 7.68. The van der Waals surface area contributed by atoms with Crippen LogP contribution in [0.2, 0.25) is 0 Å². The monoisotopic (exact) mass is 258 g/mol. The van der Waals surface area contributed by atoms with Crippen LogP contribution in [-0.4, -0.2) is 17.5 Å². The Bertz CT molecular complexity index is 452. The molecule has 102 valence electrons. The zero-order chi connectivity index (χ0) is 13.3. The maximum absolute atomic E-state index is 12.0. The lowest BCUT2D eigenvalue weighted by atomic mass is 9.89. The summed E-state index contributed by atoms with van der Waals surface area (Å²) in [5.41, 5.74) is 7.71. The molecule has 1 aromatic carbocycles. The van der Waals surface area contributed by atoms with Crippen LogP contribution >= 0.6 is 0 Å². The largest absolute Gasteiger partial charge is 0.368 e. The number of hydrogen-bond donors (Lipinski definition) is 2. The summed E-state index contributed by atoms with van der Waals surface area (Å²) in [6.45, 7) is 0. The number of primary amides is 1. The van der Waals surface area contributed by atoms with Gasteiger partial charge in [0.05, 0.1) is 0 Å². The van der Waals surface area contributed by atoms with Crippen LogP contribution in [-0.2, 0) is 17.6 Å². The van der Waals surface area contributed by atoms with Gasteiger partial charge in [0, 0.05) is 18.9 Å². The molecular formula is C16H22N2O. The van der Waals surface area contributed by atoms with E-state index in [1.165, 1.54) is 43.2 Å². The number of rotatable bonds is 3. The zero-order valence-corrected chi connectivity index (χ0v) is 11.3. The average Bonchev–Trinajstić information content (AvgIpc) is 2.79. The Morgan fingerprint density at radius 3 is 2.21 bits per heavy atom. The first-order valence-electron chi connectivity index (χ1n) is 7.34. The van der Waals surface area contributed by atoms with Gasteiger partial charge in [0.15, 0.2) is 0 Å². The summed E-state index contributed by atoms with van der Waals surface area (Å²) in [4.78, 5) is 12.0. The fraction of sp³-hybridized carbons (Fsp3) is 0.562. The van der Waals surface area contributed by atoms with E-state index in [2.05, 4.69) is 17.4 Å². The third kappa shape index (κ3) is 2.39. The second kappa shape index (κ2) is 4.97. The van der Waals surface area contributed by atoms with Crippen LogP contribution in [0.3, 0.4) is 0 Å². The van der Waals surface area contributed by atoms with Crippen molar-refractivity contribution in [2.24, 2.45) is 5.73 Å². The summed E-state index contributed by atoms with van der Waals surface area (Å²) in [5.74, 6) is -0.200. The molecule has 3 N–H and O–H groups in total. The highest BCUT2D eigenvalue weighted by molar-refractivity contribution is 5.86. The summed E-state index contributed by atoms with van der Waals surface area (Å²) in [5, 5.41) is 3.60. The predicted octanol–water partition coefficient (Wildman–Crippen LogP) is 1.93. The number of carbonyl (C=O) groups is 1. The van der Waals surface area contributed by atoms with Gasteiger partial charge in [-0.3, -0.25) is 10.1 Å². The van der Waals surface area contributed by atoms with E-state index >= 15 is 0 Å². The molecule has 3 heteroatoms. The highest BCUT2D eigenvalue weighted by Gasteiger charge is 2.43. The molecule has 2 aliphatic rings. The molecule has 0 saturated heterocycles. The van der Waals surface area contributed by atoms with Crippen molar-refractivity contribution in [3.05, 3.63) is 35.4 Å². The molecular weight excluding hydrogens is 236 g/mol. The standard InChI is InChI=1S/C16H22N2O/c17-15(19)16(18-14-8-2-1-3-9-14)10-12-6-4-5-7-13(12)11-16/h4-7,14,18H,1-3,8-11H2,(H2,17,19). The fourth-order valence-corrected chi connectivity index (χ4v) is 3.60. The molecule has 0 heterocycles. The predicted molar refractivity (Wildman–Crippen MR) is 75.8 cm³/mol. The number of carbonyl (C=O) groups excluding carboxylic acids is 1. The topological polar surface area (TPSA) is 55.1 Å². The lowest BCUT2D eigenvalue weighted by molar-refractivity contribution is -0.124. The maximum Gasteiger partial charge on any atom is 0.238 e. The van der Waals surface area contributed by atoms with Crippen molar-refractivity contribution in [1.29, 1.82) is 0 Å². The van der Waals surface area contributed by atoms with E-state index in [0.717, 1.165) is 12.8 Å². The van der Waals surface area contributed by atoms with Crippen molar-refractivity contribution >= 4 is 5.91 Å². The average molecular weight is 258 g/mol. The van der Waals surface area contributed by atoms with E-state index in [-0.39, 0.29) is 5.91 Å². The van der Waals surface area contributed by atoms with Gasteiger partial charge in [0.25, 0.3) is 0 Å². The molecule has 3 nitrogen and oxygen atoms in total. The van der Waals surface area contributed by atoms with Crippen LogP contribution in [0.5, 0.6) is 0 Å². The van der Waals surface area contributed by atoms with Crippen molar-refractivity contribution in [2.75, 3.05) is 0 Å².